The third-order valence-corrected chi connectivity index (χ3v) is 3.09. The van der Waals surface area contributed by atoms with Crippen LogP contribution < -0.4 is 11.1 Å². The van der Waals surface area contributed by atoms with Crippen LogP contribution in [0.1, 0.15) is 25.7 Å². The Morgan fingerprint density at radius 2 is 1.72 bits per heavy atom. The monoisotopic (exact) mass is 258 g/mol. The summed E-state index contributed by atoms with van der Waals surface area (Å²) in [4.78, 5) is 32.7. The Labute approximate surface area is 105 Å². The largest absolute Gasteiger partial charge is 0.481 e. The highest BCUT2D eigenvalue weighted by atomic mass is 16.5. The van der Waals surface area contributed by atoms with Crippen LogP contribution in [0.5, 0.6) is 0 Å². The molecule has 18 heavy (non-hydrogen) atoms. The number of nitrogens with two attached hydrogens (primary N) is 1. The Hall–Kier alpha value is -1.79. The average molecular weight is 258 g/mol. The number of rotatable bonds is 5. The maximum absolute atomic E-state index is 11.7. The fourth-order valence-corrected chi connectivity index (χ4v) is 2.07. The number of primary amides is 1. The molecule has 0 saturated heterocycles. The number of ether oxygens (including phenoxy) is 1. The lowest BCUT2D eigenvalue weighted by molar-refractivity contribution is -0.144. The Bertz CT molecular complexity index is 323. The number of nitrogens with one attached hydrogen (secondary N) is 1. The third kappa shape index (κ3) is 4.60. The second-order valence-corrected chi connectivity index (χ2v) is 4.35. The van der Waals surface area contributed by atoms with E-state index in [4.69, 9.17) is 10.8 Å². The molecular weight excluding hydrogens is 240 g/mol. The first kappa shape index (κ1) is 14.3. The highest BCUT2D eigenvalue weighted by Crippen LogP contribution is 2.28. The lowest BCUT2D eigenvalue weighted by Gasteiger charge is -2.25. The number of hydrogen-bond donors (Lipinski definition) is 3. The van der Waals surface area contributed by atoms with Crippen molar-refractivity contribution in [2.24, 2.45) is 17.6 Å². The number of aliphatic carboxylic acids is 1. The predicted octanol–water partition coefficient (Wildman–Crippen LogP) is 0.0889. The van der Waals surface area contributed by atoms with Crippen molar-refractivity contribution in [2.45, 2.75) is 25.7 Å². The molecule has 0 unspecified atom stereocenters. The van der Waals surface area contributed by atoms with E-state index in [-0.39, 0.29) is 30.9 Å². The maximum Gasteiger partial charge on any atom is 0.404 e. The molecule has 0 aromatic heterocycles. The molecule has 0 aliphatic heterocycles. The summed E-state index contributed by atoms with van der Waals surface area (Å²) in [5, 5.41) is 11.5. The van der Waals surface area contributed by atoms with E-state index in [2.05, 4.69) is 10.1 Å². The number of carbonyl (C=O) groups is 3. The van der Waals surface area contributed by atoms with Crippen molar-refractivity contribution in [1.29, 1.82) is 0 Å². The summed E-state index contributed by atoms with van der Waals surface area (Å²) in [6, 6.07) is 0. The molecule has 4 N–H and O–H groups in total. The second kappa shape index (κ2) is 6.83. The fourth-order valence-electron chi connectivity index (χ4n) is 2.07. The highest BCUT2D eigenvalue weighted by Gasteiger charge is 2.29. The van der Waals surface area contributed by atoms with Gasteiger partial charge in [-0.1, -0.05) is 0 Å². The normalized spacial score (nSPS) is 23.1. The standard InChI is InChI=1S/C11H18N2O5/c12-11(17)18-6-5-13-9(14)7-1-3-8(4-2-7)10(15)16/h7-8H,1-6H2,(H2,12,17)(H,13,14)(H,15,16). The molecule has 1 aliphatic carbocycles. The molecular formula is C11H18N2O5. The predicted molar refractivity (Wildman–Crippen MR) is 61.6 cm³/mol. The van der Waals surface area contributed by atoms with Crippen molar-refractivity contribution in [2.75, 3.05) is 13.2 Å². The van der Waals surface area contributed by atoms with Crippen LogP contribution in [0.15, 0.2) is 0 Å². The third-order valence-electron chi connectivity index (χ3n) is 3.09. The van der Waals surface area contributed by atoms with Crippen LogP contribution in [0, 0.1) is 11.8 Å². The molecule has 7 nitrogen and oxygen atoms in total. The molecule has 102 valence electrons. The molecule has 1 fully saturated rings. The van der Waals surface area contributed by atoms with Gasteiger partial charge >= 0.3 is 12.1 Å². The lowest BCUT2D eigenvalue weighted by atomic mass is 9.81. The molecule has 0 spiro atoms. The van der Waals surface area contributed by atoms with Crippen molar-refractivity contribution in [3.8, 4) is 0 Å². The van der Waals surface area contributed by atoms with E-state index < -0.39 is 12.1 Å². The van der Waals surface area contributed by atoms with Crippen LogP contribution >= 0.6 is 0 Å². The molecule has 1 saturated carbocycles. The molecule has 1 rings (SSSR count). The number of amides is 2. The zero-order chi connectivity index (χ0) is 13.5. The number of carboxylic acids is 1. The zero-order valence-corrected chi connectivity index (χ0v) is 10.1. The van der Waals surface area contributed by atoms with Crippen LogP contribution in [0.2, 0.25) is 0 Å². The molecule has 0 aromatic carbocycles. The summed E-state index contributed by atoms with van der Waals surface area (Å²) in [7, 11) is 0. The Morgan fingerprint density at radius 1 is 1.17 bits per heavy atom. The van der Waals surface area contributed by atoms with Gasteiger partial charge in [-0.05, 0) is 25.7 Å². The van der Waals surface area contributed by atoms with Gasteiger partial charge in [0.25, 0.3) is 0 Å². The van der Waals surface area contributed by atoms with Crippen molar-refractivity contribution >= 4 is 18.0 Å². The quantitative estimate of drug-likeness (QED) is 0.604. The fraction of sp³-hybridized carbons (Fsp3) is 0.727. The van der Waals surface area contributed by atoms with E-state index in [0.717, 1.165) is 0 Å². The molecule has 0 aromatic rings. The first-order valence-corrected chi connectivity index (χ1v) is 5.93. The lowest BCUT2D eigenvalue weighted by Crippen LogP contribution is -2.36. The maximum atomic E-state index is 11.7. The number of hydrogen-bond acceptors (Lipinski definition) is 4. The summed E-state index contributed by atoms with van der Waals surface area (Å²) in [5.41, 5.74) is 4.77. The van der Waals surface area contributed by atoms with Gasteiger partial charge in [-0.25, -0.2) is 4.79 Å². The van der Waals surface area contributed by atoms with Crippen LogP contribution in [0.3, 0.4) is 0 Å². The van der Waals surface area contributed by atoms with Gasteiger partial charge in [0.15, 0.2) is 0 Å². The van der Waals surface area contributed by atoms with E-state index in [1.165, 1.54) is 0 Å². The van der Waals surface area contributed by atoms with Crippen LogP contribution in [0.4, 0.5) is 4.79 Å². The van der Waals surface area contributed by atoms with E-state index in [9.17, 15) is 14.4 Å². The van der Waals surface area contributed by atoms with Gasteiger partial charge in [0, 0.05) is 5.92 Å². The first-order chi connectivity index (χ1) is 8.50. The van der Waals surface area contributed by atoms with Crippen LogP contribution in [-0.4, -0.2) is 36.2 Å². The van der Waals surface area contributed by atoms with Crippen molar-refractivity contribution in [1.82, 2.24) is 5.32 Å². The molecule has 2 amide bonds. The van der Waals surface area contributed by atoms with E-state index in [1.807, 2.05) is 0 Å². The topological polar surface area (TPSA) is 119 Å². The number of carbonyl (C=O) groups excluding carboxylic acids is 2. The SMILES string of the molecule is NC(=O)OCCNC(=O)C1CCC(C(=O)O)CC1. The average Bonchev–Trinajstić information content (AvgIpc) is 2.34. The zero-order valence-electron chi connectivity index (χ0n) is 10.1. The minimum absolute atomic E-state index is 0.0472. The summed E-state index contributed by atoms with van der Waals surface area (Å²) >= 11 is 0. The van der Waals surface area contributed by atoms with Crippen molar-refractivity contribution in [3.05, 3.63) is 0 Å². The molecule has 0 heterocycles. The van der Waals surface area contributed by atoms with Crippen molar-refractivity contribution < 1.29 is 24.2 Å². The molecule has 0 radical (unpaired) electrons. The first-order valence-electron chi connectivity index (χ1n) is 5.93. The Balaban J connectivity index is 2.20. The van der Waals surface area contributed by atoms with Crippen LogP contribution in [-0.2, 0) is 14.3 Å². The van der Waals surface area contributed by atoms with Gasteiger partial charge in [-0.2, -0.15) is 0 Å². The van der Waals surface area contributed by atoms with Gasteiger partial charge in [-0.15, -0.1) is 0 Å². The summed E-state index contributed by atoms with van der Waals surface area (Å²) in [6.45, 7) is 0.270. The van der Waals surface area contributed by atoms with Gasteiger partial charge in [-0.3, -0.25) is 9.59 Å². The van der Waals surface area contributed by atoms with Crippen LogP contribution in [0.25, 0.3) is 0 Å². The minimum Gasteiger partial charge on any atom is -0.481 e. The summed E-state index contributed by atoms with van der Waals surface area (Å²) in [6.07, 6.45) is 1.36. The smallest absolute Gasteiger partial charge is 0.404 e. The summed E-state index contributed by atoms with van der Waals surface area (Å²) < 4.78 is 4.47. The summed E-state index contributed by atoms with van der Waals surface area (Å²) in [5.74, 6) is -1.38. The Morgan fingerprint density at radius 3 is 2.22 bits per heavy atom. The molecule has 7 heteroatoms. The van der Waals surface area contributed by atoms with E-state index in [1.54, 1.807) is 0 Å². The van der Waals surface area contributed by atoms with E-state index >= 15 is 0 Å². The highest BCUT2D eigenvalue weighted by molar-refractivity contribution is 5.79. The second-order valence-electron chi connectivity index (χ2n) is 4.35. The molecule has 0 bridgehead atoms. The van der Waals surface area contributed by atoms with Gasteiger partial charge < -0.3 is 20.9 Å². The molecule has 1 aliphatic rings. The van der Waals surface area contributed by atoms with E-state index in [0.29, 0.717) is 25.7 Å². The Kier molecular flexibility index (Phi) is 5.41. The number of carboxylic acid groups (broad SMARTS) is 1. The minimum atomic E-state index is -0.869. The van der Waals surface area contributed by atoms with Crippen molar-refractivity contribution in [3.63, 3.8) is 0 Å². The van der Waals surface area contributed by atoms with Gasteiger partial charge in [0.2, 0.25) is 5.91 Å². The molecule has 0 atom stereocenters. The van der Waals surface area contributed by atoms with Gasteiger partial charge in [0.1, 0.15) is 6.61 Å². The van der Waals surface area contributed by atoms with Gasteiger partial charge in [0.05, 0.1) is 12.5 Å².